The fourth-order valence-electron chi connectivity index (χ4n) is 2.76. The van der Waals surface area contributed by atoms with E-state index in [4.69, 9.17) is 4.74 Å². The van der Waals surface area contributed by atoms with E-state index in [1.807, 2.05) is 30.6 Å². The number of benzene rings is 1. The maximum Gasteiger partial charge on any atom is 0.254 e. The number of hydrogen-bond acceptors (Lipinski definition) is 6. The minimum Gasteiger partial charge on any atom is -0.383 e. The SMILES string of the molecule is COCCN(Cc1ccc(-c2nc(C)c(C)c(=O)[nH]2)cc1)Cc1nccs1. The highest BCUT2D eigenvalue weighted by Gasteiger charge is 2.10. The lowest BCUT2D eigenvalue weighted by atomic mass is 10.1. The van der Waals surface area contributed by atoms with Crippen LogP contribution >= 0.6 is 11.3 Å². The normalized spacial score (nSPS) is 11.3. The molecule has 27 heavy (non-hydrogen) atoms. The van der Waals surface area contributed by atoms with Crippen molar-refractivity contribution < 1.29 is 4.74 Å². The third-order valence-electron chi connectivity index (χ3n) is 4.48. The van der Waals surface area contributed by atoms with Crippen LogP contribution in [0.5, 0.6) is 0 Å². The van der Waals surface area contributed by atoms with Crippen LogP contribution in [0, 0.1) is 13.8 Å². The van der Waals surface area contributed by atoms with Crippen LogP contribution in [0.4, 0.5) is 0 Å². The molecule has 0 aliphatic heterocycles. The number of aryl methyl sites for hydroxylation is 1. The molecule has 3 aromatic rings. The van der Waals surface area contributed by atoms with Gasteiger partial charge in [-0.3, -0.25) is 9.69 Å². The van der Waals surface area contributed by atoms with Crippen LogP contribution < -0.4 is 5.56 Å². The van der Waals surface area contributed by atoms with Gasteiger partial charge in [0.2, 0.25) is 0 Å². The molecule has 0 unspecified atom stereocenters. The molecule has 6 nitrogen and oxygen atoms in total. The van der Waals surface area contributed by atoms with Crippen molar-refractivity contribution in [1.29, 1.82) is 0 Å². The third kappa shape index (κ3) is 5.09. The average molecular weight is 385 g/mol. The van der Waals surface area contributed by atoms with Crippen molar-refractivity contribution in [3.63, 3.8) is 0 Å². The van der Waals surface area contributed by atoms with Gasteiger partial charge in [-0.1, -0.05) is 24.3 Å². The first-order valence-electron chi connectivity index (χ1n) is 8.83. The van der Waals surface area contributed by atoms with E-state index < -0.39 is 0 Å². The molecule has 1 N–H and O–H groups in total. The number of thiazole rings is 1. The van der Waals surface area contributed by atoms with Gasteiger partial charge in [-0.05, 0) is 19.4 Å². The van der Waals surface area contributed by atoms with Crippen LogP contribution in [0.25, 0.3) is 11.4 Å². The van der Waals surface area contributed by atoms with E-state index in [9.17, 15) is 4.79 Å². The third-order valence-corrected chi connectivity index (χ3v) is 5.25. The molecule has 2 aromatic heterocycles. The zero-order valence-electron chi connectivity index (χ0n) is 15.9. The molecule has 0 saturated carbocycles. The fourth-order valence-corrected chi connectivity index (χ4v) is 3.42. The van der Waals surface area contributed by atoms with Gasteiger partial charge in [0.15, 0.2) is 0 Å². The second kappa shape index (κ2) is 9.03. The minimum atomic E-state index is -0.0873. The summed E-state index contributed by atoms with van der Waals surface area (Å²) in [5, 5.41) is 3.09. The zero-order chi connectivity index (χ0) is 19.2. The van der Waals surface area contributed by atoms with Crippen LogP contribution in [-0.2, 0) is 17.8 Å². The second-order valence-electron chi connectivity index (χ2n) is 6.45. The molecule has 0 aliphatic rings. The fraction of sp³-hybridized carbons (Fsp3) is 0.350. The van der Waals surface area contributed by atoms with E-state index in [1.165, 1.54) is 5.56 Å². The lowest BCUT2D eigenvalue weighted by Crippen LogP contribution is -2.26. The largest absolute Gasteiger partial charge is 0.383 e. The lowest BCUT2D eigenvalue weighted by molar-refractivity contribution is 0.140. The Morgan fingerprint density at radius 3 is 2.59 bits per heavy atom. The number of nitrogens with zero attached hydrogens (tertiary/aromatic N) is 3. The van der Waals surface area contributed by atoms with Crippen molar-refractivity contribution in [2.45, 2.75) is 26.9 Å². The Balaban J connectivity index is 1.74. The number of H-pyrrole nitrogens is 1. The Labute approximate surface area is 162 Å². The second-order valence-corrected chi connectivity index (χ2v) is 7.43. The first-order chi connectivity index (χ1) is 13.1. The molecule has 0 saturated heterocycles. The molecule has 0 atom stereocenters. The quantitative estimate of drug-likeness (QED) is 0.646. The van der Waals surface area contributed by atoms with Gasteiger partial charge in [0, 0.05) is 48.6 Å². The van der Waals surface area contributed by atoms with Gasteiger partial charge in [0.1, 0.15) is 10.8 Å². The van der Waals surface area contributed by atoms with Gasteiger partial charge in [0.25, 0.3) is 5.56 Å². The molecule has 0 spiro atoms. The minimum absolute atomic E-state index is 0.0873. The predicted molar refractivity (Wildman–Crippen MR) is 108 cm³/mol. The van der Waals surface area contributed by atoms with Crippen molar-refractivity contribution in [3.8, 4) is 11.4 Å². The number of aromatic nitrogens is 3. The summed E-state index contributed by atoms with van der Waals surface area (Å²) in [6.45, 7) is 6.76. The number of rotatable bonds is 8. The average Bonchev–Trinajstić information content (AvgIpc) is 3.17. The molecule has 7 heteroatoms. The Morgan fingerprint density at radius 1 is 1.19 bits per heavy atom. The number of hydrogen-bond donors (Lipinski definition) is 1. The number of methoxy groups -OCH3 is 1. The molecule has 1 aromatic carbocycles. The summed E-state index contributed by atoms with van der Waals surface area (Å²) in [6, 6.07) is 8.15. The Bertz CT molecular complexity index is 920. The van der Waals surface area contributed by atoms with E-state index in [-0.39, 0.29) is 5.56 Å². The van der Waals surface area contributed by atoms with E-state index >= 15 is 0 Å². The van der Waals surface area contributed by atoms with Crippen molar-refractivity contribution in [1.82, 2.24) is 19.9 Å². The summed E-state index contributed by atoms with van der Waals surface area (Å²) in [7, 11) is 1.72. The summed E-state index contributed by atoms with van der Waals surface area (Å²) in [5.74, 6) is 0.605. The first kappa shape index (κ1) is 19.4. The Hall–Kier alpha value is -2.35. The van der Waals surface area contributed by atoms with Crippen molar-refractivity contribution in [2.75, 3.05) is 20.3 Å². The monoisotopic (exact) mass is 384 g/mol. The highest BCUT2D eigenvalue weighted by Crippen LogP contribution is 2.17. The Morgan fingerprint density at radius 2 is 1.96 bits per heavy atom. The molecule has 0 aliphatic carbocycles. The maximum atomic E-state index is 12.0. The molecule has 0 bridgehead atoms. The summed E-state index contributed by atoms with van der Waals surface area (Å²) in [5.41, 5.74) is 3.43. The number of aromatic amines is 1. The van der Waals surface area contributed by atoms with Crippen molar-refractivity contribution in [2.24, 2.45) is 0 Å². The van der Waals surface area contributed by atoms with Crippen molar-refractivity contribution >= 4 is 11.3 Å². The molecular formula is C20H24N4O2S. The van der Waals surface area contributed by atoms with Crippen LogP contribution in [0.2, 0.25) is 0 Å². The maximum absolute atomic E-state index is 12.0. The van der Waals surface area contributed by atoms with Crippen LogP contribution in [0.3, 0.4) is 0 Å². The number of nitrogens with one attached hydrogen (secondary N) is 1. The molecule has 2 heterocycles. The van der Waals surface area contributed by atoms with Gasteiger partial charge in [-0.15, -0.1) is 11.3 Å². The van der Waals surface area contributed by atoms with E-state index in [1.54, 1.807) is 25.4 Å². The first-order valence-corrected chi connectivity index (χ1v) is 9.71. The lowest BCUT2D eigenvalue weighted by Gasteiger charge is -2.21. The van der Waals surface area contributed by atoms with E-state index in [0.29, 0.717) is 18.0 Å². The molecule has 0 amide bonds. The van der Waals surface area contributed by atoms with Gasteiger partial charge in [-0.25, -0.2) is 9.97 Å². The summed E-state index contributed by atoms with van der Waals surface area (Å²) in [4.78, 5) is 26.0. The smallest absolute Gasteiger partial charge is 0.254 e. The summed E-state index contributed by atoms with van der Waals surface area (Å²) >= 11 is 1.66. The van der Waals surface area contributed by atoms with Gasteiger partial charge >= 0.3 is 0 Å². The highest BCUT2D eigenvalue weighted by molar-refractivity contribution is 7.09. The molecule has 142 valence electrons. The summed E-state index contributed by atoms with van der Waals surface area (Å²) < 4.78 is 5.24. The highest BCUT2D eigenvalue weighted by atomic mass is 32.1. The van der Waals surface area contributed by atoms with Crippen LogP contribution in [0.15, 0.2) is 40.6 Å². The topological polar surface area (TPSA) is 71.1 Å². The molecule has 0 fully saturated rings. The van der Waals surface area contributed by atoms with Crippen molar-refractivity contribution in [3.05, 3.63) is 68.0 Å². The molecular weight excluding hydrogens is 360 g/mol. The zero-order valence-corrected chi connectivity index (χ0v) is 16.7. The number of ether oxygens (including phenoxy) is 1. The standard InChI is InChI=1S/C20H24N4O2S/c1-14-15(2)22-19(23-20(14)25)17-6-4-16(5-7-17)12-24(9-10-26-3)13-18-21-8-11-27-18/h4-8,11H,9-10,12-13H2,1-3H3,(H,22,23,25). The Kier molecular flexibility index (Phi) is 6.49. The van der Waals surface area contributed by atoms with E-state index in [2.05, 4.69) is 32.0 Å². The molecule has 0 radical (unpaired) electrons. The van der Waals surface area contributed by atoms with E-state index in [0.717, 1.165) is 35.9 Å². The van der Waals surface area contributed by atoms with Gasteiger partial charge < -0.3 is 9.72 Å². The van der Waals surface area contributed by atoms with Gasteiger partial charge in [0.05, 0.1) is 13.2 Å². The summed E-state index contributed by atoms with van der Waals surface area (Å²) in [6.07, 6.45) is 1.83. The van der Waals surface area contributed by atoms with Gasteiger partial charge in [-0.2, -0.15) is 0 Å². The molecule has 3 rings (SSSR count). The predicted octanol–water partition coefficient (Wildman–Crippen LogP) is 3.16. The van der Waals surface area contributed by atoms with Crippen LogP contribution in [-0.4, -0.2) is 40.1 Å². The van der Waals surface area contributed by atoms with Crippen LogP contribution in [0.1, 0.15) is 21.8 Å².